The van der Waals surface area contributed by atoms with E-state index in [1.54, 1.807) is 18.6 Å². The Morgan fingerprint density at radius 2 is 1.64 bits per heavy atom. The van der Waals surface area contributed by atoms with Crippen molar-refractivity contribution in [2.75, 3.05) is 0 Å². The molecule has 0 radical (unpaired) electrons. The Balaban J connectivity index is 0.000000112. The lowest BCUT2D eigenvalue weighted by Gasteiger charge is -1.69. The molecule has 56 valence electrons. The highest BCUT2D eigenvalue weighted by Crippen LogP contribution is 1.72. The molecule has 0 atom stereocenters. The second-order valence-corrected chi connectivity index (χ2v) is 1.59. The summed E-state index contributed by atoms with van der Waals surface area (Å²) in [7, 11) is 0. The summed E-state index contributed by atoms with van der Waals surface area (Å²) >= 11 is 0. The maximum Gasteiger partial charge on any atom is 0.180 e. The van der Waals surface area contributed by atoms with Crippen LogP contribution in [-0.2, 0) is 0 Å². The van der Waals surface area contributed by atoms with Crippen molar-refractivity contribution in [2.45, 2.75) is 0 Å². The average Bonchev–Trinajstić information content (AvgIpc) is 2.64. The van der Waals surface area contributed by atoms with E-state index >= 15 is 0 Å². The second-order valence-electron chi connectivity index (χ2n) is 1.59. The summed E-state index contributed by atoms with van der Waals surface area (Å²) in [6, 6.07) is 3.65. The Bertz CT molecular complexity index is 200. The molecule has 0 fully saturated rings. The van der Waals surface area contributed by atoms with Crippen molar-refractivity contribution in [1.29, 1.82) is 0 Å². The minimum absolute atomic E-state index is 1.38. The van der Waals surface area contributed by atoms with Gasteiger partial charge < -0.3 is 4.42 Å². The zero-order chi connectivity index (χ0) is 7.78. The van der Waals surface area contributed by atoms with E-state index in [4.69, 9.17) is 0 Å². The third-order valence-electron chi connectivity index (χ3n) is 0.830. The van der Waals surface area contributed by atoms with E-state index in [1.807, 2.05) is 12.1 Å². The van der Waals surface area contributed by atoms with Gasteiger partial charge in [0.05, 0.1) is 6.20 Å². The summed E-state index contributed by atoms with van der Waals surface area (Å²) in [6.45, 7) is 0. The van der Waals surface area contributed by atoms with Gasteiger partial charge in [0.25, 0.3) is 0 Å². The predicted molar refractivity (Wildman–Crippen MR) is 38.5 cm³/mol. The van der Waals surface area contributed by atoms with Gasteiger partial charge in [0.1, 0.15) is 6.26 Å². The molecular formula is C7H7N3O. The molecule has 2 rings (SSSR count). The first-order valence-electron chi connectivity index (χ1n) is 3.04. The maximum absolute atomic E-state index is 4.47. The fourth-order valence-corrected chi connectivity index (χ4v) is 0.429. The van der Waals surface area contributed by atoms with Gasteiger partial charge >= 0.3 is 0 Å². The van der Waals surface area contributed by atoms with Gasteiger partial charge in [-0.25, -0.2) is 4.98 Å². The summed E-state index contributed by atoms with van der Waals surface area (Å²) in [5.41, 5.74) is 0. The van der Waals surface area contributed by atoms with E-state index < -0.39 is 0 Å². The van der Waals surface area contributed by atoms with Crippen molar-refractivity contribution in [2.24, 2.45) is 0 Å². The van der Waals surface area contributed by atoms with Gasteiger partial charge in [-0.05, 0) is 12.1 Å². The Labute approximate surface area is 63.9 Å². The van der Waals surface area contributed by atoms with Crippen LogP contribution in [0.1, 0.15) is 0 Å². The molecule has 0 saturated heterocycles. The molecule has 11 heavy (non-hydrogen) atoms. The minimum Gasteiger partial charge on any atom is -0.452 e. The molecule has 2 aromatic heterocycles. The van der Waals surface area contributed by atoms with Gasteiger partial charge in [-0.1, -0.05) is 0 Å². The number of nitrogens with zero attached hydrogens (tertiary/aromatic N) is 3. The molecule has 0 unspecified atom stereocenters. The molecule has 0 aliphatic rings. The molecule has 0 saturated carbocycles. The molecular weight excluding hydrogens is 142 g/mol. The lowest BCUT2D eigenvalue weighted by atomic mass is 10.6. The number of hydrogen-bond acceptors (Lipinski definition) is 4. The summed E-state index contributed by atoms with van der Waals surface area (Å²) in [4.78, 5) is 3.56. The Hall–Kier alpha value is -1.71. The van der Waals surface area contributed by atoms with Crippen molar-refractivity contribution in [3.63, 3.8) is 0 Å². The molecule has 0 aliphatic heterocycles. The van der Waals surface area contributed by atoms with E-state index in [9.17, 15) is 0 Å². The molecule has 0 amide bonds. The van der Waals surface area contributed by atoms with Crippen molar-refractivity contribution >= 4 is 0 Å². The summed E-state index contributed by atoms with van der Waals surface area (Å²) in [5.74, 6) is 0. The van der Waals surface area contributed by atoms with Crippen LogP contribution in [0.2, 0.25) is 0 Å². The van der Waals surface area contributed by atoms with Crippen LogP contribution in [0.25, 0.3) is 0 Å². The van der Waals surface area contributed by atoms with Crippen LogP contribution in [0, 0.1) is 0 Å². The van der Waals surface area contributed by atoms with E-state index in [0.29, 0.717) is 0 Å². The predicted octanol–water partition coefficient (Wildman–Crippen LogP) is 1.15. The van der Waals surface area contributed by atoms with Gasteiger partial charge in [-0.15, -0.1) is 0 Å². The Morgan fingerprint density at radius 1 is 0.909 bits per heavy atom. The largest absolute Gasteiger partial charge is 0.452 e. The molecule has 0 aliphatic carbocycles. The lowest BCUT2D eigenvalue weighted by molar-refractivity contribution is 0.558. The van der Waals surface area contributed by atoms with Gasteiger partial charge in [-0.3, -0.25) is 0 Å². The first-order valence-corrected chi connectivity index (χ1v) is 3.04. The normalized spacial score (nSPS) is 8.00. The smallest absolute Gasteiger partial charge is 0.180 e. The van der Waals surface area contributed by atoms with Crippen molar-refractivity contribution < 1.29 is 4.42 Å². The number of oxazole rings is 1. The number of rotatable bonds is 0. The van der Waals surface area contributed by atoms with Gasteiger partial charge in [0, 0.05) is 12.4 Å². The molecule has 2 aromatic rings. The van der Waals surface area contributed by atoms with Crippen LogP contribution in [0.5, 0.6) is 0 Å². The third-order valence-corrected chi connectivity index (χ3v) is 0.830. The molecule has 0 bridgehead atoms. The van der Waals surface area contributed by atoms with Crippen molar-refractivity contribution in [3.05, 3.63) is 43.4 Å². The van der Waals surface area contributed by atoms with Crippen molar-refractivity contribution in [3.8, 4) is 0 Å². The summed E-state index contributed by atoms with van der Waals surface area (Å²) in [6.07, 6.45) is 7.75. The first kappa shape index (κ1) is 7.40. The summed E-state index contributed by atoms with van der Waals surface area (Å²) in [5, 5.41) is 7.07. The molecule has 4 heteroatoms. The average molecular weight is 149 g/mol. The molecule has 2 heterocycles. The quantitative estimate of drug-likeness (QED) is 0.563. The lowest BCUT2D eigenvalue weighted by Crippen LogP contribution is -1.69. The van der Waals surface area contributed by atoms with E-state index in [-0.39, 0.29) is 0 Å². The van der Waals surface area contributed by atoms with E-state index in [0.717, 1.165) is 0 Å². The topological polar surface area (TPSA) is 51.8 Å². The first-order chi connectivity index (χ1) is 5.50. The van der Waals surface area contributed by atoms with Crippen LogP contribution in [0.3, 0.4) is 0 Å². The highest BCUT2D eigenvalue weighted by molar-refractivity contribution is 4.79. The molecule has 0 aromatic carbocycles. The Kier molecular flexibility index (Phi) is 3.43. The number of aromatic nitrogens is 3. The van der Waals surface area contributed by atoms with Gasteiger partial charge in [-0.2, -0.15) is 10.2 Å². The van der Waals surface area contributed by atoms with Crippen molar-refractivity contribution in [1.82, 2.24) is 15.2 Å². The fraction of sp³-hybridized carbons (Fsp3) is 0. The monoisotopic (exact) mass is 149 g/mol. The van der Waals surface area contributed by atoms with Crippen LogP contribution < -0.4 is 0 Å². The van der Waals surface area contributed by atoms with Gasteiger partial charge in [0.2, 0.25) is 0 Å². The highest BCUT2D eigenvalue weighted by Gasteiger charge is 1.60. The van der Waals surface area contributed by atoms with Crippen LogP contribution >= 0.6 is 0 Å². The third kappa shape index (κ3) is 3.80. The Morgan fingerprint density at radius 3 is 1.82 bits per heavy atom. The van der Waals surface area contributed by atoms with Crippen LogP contribution in [0.4, 0.5) is 0 Å². The SMILES string of the molecule is c1ccnnc1.c1cocn1. The summed E-state index contributed by atoms with van der Waals surface area (Å²) < 4.78 is 4.47. The molecule has 0 N–H and O–H groups in total. The molecule has 0 spiro atoms. The van der Waals surface area contributed by atoms with E-state index in [1.165, 1.54) is 12.7 Å². The maximum atomic E-state index is 4.47. The highest BCUT2D eigenvalue weighted by atomic mass is 16.3. The fourth-order valence-electron chi connectivity index (χ4n) is 0.429. The zero-order valence-corrected chi connectivity index (χ0v) is 5.79. The van der Waals surface area contributed by atoms with Crippen LogP contribution in [0.15, 0.2) is 47.8 Å². The standard InChI is InChI=1S/C4H4N2.C3H3NO/c1-2-4-6-5-3-1;1-2-5-3-4-1/h1-4H;1-3H. The minimum atomic E-state index is 1.38. The van der Waals surface area contributed by atoms with Gasteiger partial charge in [0.15, 0.2) is 6.39 Å². The number of hydrogen-bond donors (Lipinski definition) is 0. The van der Waals surface area contributed by atoms with Crippen LogP contribution in [-0.4, -0.2) is 15.2 Å². The van der Waals surface area contributed by atoms with E-state index in [2.05, 4.69) is 19.6 Å². The second kappa shape index (κ2) is 5.10. The zero-order valence-electron chi connectivity index (χ0n) is 5.79. The molecule has 4 nitrogen and oxygen atoms in total.